The van der Waals surface area contributed by atoms with E-state index in [1.807, 2.05) is 6.92 Å². The van der Waals surface area contributed by atoms with Gasteiger partial charge in [0.15, 0.2) is 0 Å². The molecule has 0 saturated heterocycles. The van der Waals surface area contributed by atoms with Crippen LogP contribution in [-0.2, 0) is 14.8 Å². The third-order valence-electron chi connectivity index (χ3n) is 2.06. The number of halogens is 1. The minimum Gasteiger partial charge on any atom is -0.354 e. The summed E-state index contributed by atoms with van der Waals surface area (Å²) in [5, 5.41) is 7.33. The fourth-order valence-corrected chi connectivity index (χ4v) is 3.20. The maximum Gasteiger partial charge on any atom is 0.250 e. The molecule has 1 aromatic heterocycles. The average Bonchev–Trinajstić information content (AvgIpc) is 2.87. The Morgan fingerprint density at radius 2 is 2.11 bits per heavy atom. The number of likely N-dealkylation sites (N-methyl/N-ethyl adjacent to an activating group) is 1. The van der Waals surface area contributed by atoms with E-state index in [0.717, 1.165) is 17.9 Å². The zero-order valence-corrected chi connectivity index (χ0v) is 13.0. The van der Waals surface area contributed by atoms with Gasteiger partial charge >= 0.3 is 0 Å². The molecule has 0 aromatic carbocycles. The first-order valence-electron chi connectivity index (χ1n) is 5.57. The first kappa shape index (κ1) is 18.3. The van der Waals surface area contributed by atoms with E-state index in [9.17, 15) is 13.2 Å². The normalized spacial score (nSPS) is 10.8. The molecule has 0 fully saturated rings. The smallest absolute Gasteiger partial charge is 0.250 e. The zero-order chi connectivity index (χ0) is 13.4. The average molecular weight is 328 g/mol. The van der Waals surface area contributed by atoms with Gasteiger partial charge in [0, 0.05) is 13.1 Å². The van der Waals surface area contributed by atoms with Crippen molar-refractivity contribution in [1.82, 2.24) is 15.4 Å². The summed E-state index contributed by atoms with van der Waals surface area (Å²) in [6.45, 7) is 3.71. The van der Waals surface area contributed by atoms with Gasteiger partial charge in [0.05, 0.1) is 6.54 Å². The fourth-order valence-electron chi connectivity index (χ4n) is 1.18. The molecule has 0 spiro atoms. The zero-order valence-electron chi connectivity index (χ0n) is 10.5. The van der Waals surface area contributed by atoms with Gasteiger partial charge in [-0.1, -0.05) is 13.0 Å². The van der Waals surface area contributed by atoms with Crippen LogP contribution >= 0.6 is 23.7 Å². The van der Waals surface area contributed by atoms with Crippen molar-refractivity contribution in [3.05, 3.63) is 17.5 Å². The fraction of sp³-hybridized carbons (Fsp3) is 0.500. The van der Waals surface area contributed by atoms with Crippen molar-refractivity contribution in [3.8, 4) is 0 Å². The SMILES string of the molecule is CCNCCNC(=O)CNS(=O)(=O)c1cccs1.Cl. The molecular formula is C10H18ClN3O3S2. The highest BCUT2D eigenvalue weighted by Crippen LogP contribution is 2.14. The molecule has 3 N–H and O–H groups in total. The minimum atomic E-state index is -3.56. The molecular weight excluding hydrogens is 310 g/mol. The maximum absolute atomic E-state index is 11.7. The van der Waals surface area contributed by atoms with Gasteiger partial charge in [0.25, 0.3) is 10.0 Å². The lowest BCUT2D eigenvalue weighted by Gasteiger charge is -2.06. The monoisotopic (exact) mass is 327 g/mol. The van der Waals surface area contributed by atoms with Crippen LogP contribution in [0.4, 0.5) is 0 Å². The van der Waals surface area contributed by atoms with Crippen LogP contribution < -0.4 is 15.4 Å². The molecule has 0 radical (unpaired) electrons. The van der Waals surface area contributed by atoms with Crippen LogP contribution in [0.1, 0.15) is 6.92 Å². The number of thiophene rings is 1. The van der Waals surface area contributed by atoms with Crippen molar-refractivity contribution in [2.45, 2.75) is 11.1 Å². The van der Waals surface area contributed by atoms with Crippen molar-refractivity contribution < 1.29 is 13.2 Å². The summed E-state index contributed by atoms with van der Waals surface area (Å²) in [5.74, 6) is -0.340. The number of carbonyl (C=O) groups is 1. The summed E-state index contributed by atoms with van der Waals surface area (Å²) in [4.78, 5) is 11.4. The van der Waals surface area contributed by atoms with E-state index in [-0.39, 0.29) is 29.1 Å². The second kappa shape index (κ2) is 9.27. The second-order valence-corrected chi connectivity index (χ2v) is 6.40. The molecule has 6 nitrogen and oxygen atoms in total. The maximum atomic E-state index is 11.7. The number of rotatable bonds is 8. The standard InChI is InChI=1S/C10H17N3O3S2.ClH/c1-2-11-5-6-12-9(14)8-13-18(15,16)10-4-3-7-17-10;/h3-4,7,11,13H,2,5-6,8H2,1H3,(H,12,14);1H. The molecule has 1 aromatic rings. The molecule has 1 heterocycles. The topological polar surface area (TPSA) is 87.3 Å². The molecule has 0 unspecified atom stereocenters. The minimum absolute atomic E-state index is 0. The Bertz CT molecular complexity index is 462. The lowest BCUT2D eigenvalue weighted by molar-refractivity contribution is -0.119. The van der Waals surface area contributed by atoms with E-state index in [2.05, 4.69) is 15.4 Å². The lowest BCUT2D eigenvalue weighted by Crippen LogP contribution is -2.39. The van der Waals surface area contributed by atoms with Gasteiger partial charge < -0.3 is 10.6 Å². The van der Waals surface area contributed by atoms with Crippen molar-refractivity contribution in [3.63, 3.8) is 0 Å². The number of amides is 1. The highest BCUT2D eigenvalue weighted by molar-refractivity contribution is 7.91. The van der Waals surface area contributed by atoms with Gasteiger partial charge in [-0.25, -0.2) is 13.1 Å². The molecule has 0 saturated carbocycles. The van der Waals surface area contributed by atoms with Gasteiger partial charge in [-0.3, -0.25) is 4.79 Å². The Balaban J connectivity index is 0.00000324. The third-order valence-corrected chi connectivity index (χ3v) is 4.86. The van der Waals surface area contributed by atoms with Crippen LogP contribution in [0.2, 0.25) is 0 Å². The van der Waals surface area contributed by atoms with Gasteiger partial charge in [-0.2, -0.15) is 0 Å². The Hall–Kier alpha value is -0.670. The van der Waals surface area contributed by atoms with E-state index in [1.165, 1.54) is 6.07 Å². The summed E-state index contributed by atoms with van der Waals surface area (Å²) in [6.07, 6.45) is 0. The van der Waals surface area contributed by atoms with Gasteiger partial charge in [-0.15, -0.1) is 23.7 Å². The van der Waals surface area contributed by atoms with Crippen LogP contribution in [0.25, 0.3) is 0 Å². The quantitative estimate of drug-likeness (QED) is 0.594. The van der Waals surface area contributed by atoms with Crippen LogP contribution in [0.15, 0.2) is 21.7 Å². The molecule has 0 atom stereocenters. The van der Waals surface area contributed by atoms with E-state index in [1.54, 1.807) is 11.4 Å². The Morgan fingerprint density at radius 3 is 2.68 bits per heavy atom. The predicted molar refractivity (Wildman–Crippen MR) is 78.3 cm³/mol. The van der Waals surface area contributed by atoms with Crippen LogP contribution in [-0.4, -0.2) is 40.5 Å². The highest BCUT2D eigenvalue weighted by Gasteiger charge is 2.15. The van der Waals surface area contributed by atoms with Gasteiger partial charge in [-0.05, 0) is 18.0 Å². The highest BCUT2D eigenvalue weighted by atomic mass is 35.5. The number of sulfonamides is 1. The van der Waals surface area contributed by atoms with E-state index in [4.69, 9.17) is 0 Å². The Morgan fingerprint density at radius 1 is 1.37 bits per heavy atom. The summed E-state index contributed by atoms with van der Waals surface area (Å²) < 4.78 is 25.8. The largest absolute Gasteiger partial charge is 0.354 e. The van der Waals surface area contributed by atoms with Crippen molar-refractivity contribution in [2.24, 2.45) is 0 Å². The summed E-state index contributed by atoms with van der Waals surface area (Å²) >= 11 is 1.11. The molecule has 110 valence electrons. The van der Waals surface area contributed by atoms with E-state index < -0.39 is 10.0 Å². The second-order valence-electron chi connectivity index (χ2n) is 3.46. The van der Waals surface area contributed by atoms with Gasteiger partial charge in [0.2, 0.25) is 5.91 Å². The Labute approximate surface area is 123 Å². The van der Waals surface area contributed by atoms with Crippen molar-refractivity contribution in [2.75, 3.05) is 26.2 Å². The molecule has 1 amide bonds. The van der Waals surface area contributed by atoms with E-state index >= 15 is 0 Å². The predicted octanol–water partition coefficient (Wildman–Crippen LogP) is 0.174. The Kier molecular flexibility index (Phi) is 8.94. The molecule has 9 heteroatoms. The van der Waals surface area contributed by atoms with Crippen LogP contribution in [0, 0.1) is 0 Å². The molecule has 19 heavy (non-hydrogen) atoms. The van der Waals surface area contributed by atoms with E-state index in [0.29, 0.717) is 13.1 Å². The molecule has 0 bridgehead atoms. The van der Waals surface area contributed by atoms with Crippen molar-refractivity contribution in [1.29, 1.82) is 0 Å². The molecule has 0 aliphatic carbocycles. The molecule has 0 aliphatic rings. The summed E-state index contributed by atoms with van der Waals surface area (Å²) in [6, 6.07) is 3.14. The third kappa shape index (κ3) is 6.88. The number of carbonyl (C=O) groups excluding carboxylic acids is 1. The van der Waals surface area contributed by atoms with Gasteiger partial charge in [0.1, 0.15) is 4.21 Å². The summed E-state index contributed by atoms with van der Waals surface area (Å²) in [5.41, 5.74) is 0. The number of hydrogen-bond acceptors (Lipinski definition) is 5. The van der Waals surface area contributed by atoms with Crippen LogP contribution in [0.5, 0.6) is 0 Å². The van der Waals surface area contributed by atoms with Crippen molar-refractivity contribution >= 4 is 39.7 Å². The number of nitrogens with one attached hydrogen (secondary N) is 3. The first-order chi connectivity index (χ1) is 8.56. The first-order valence-corrected chi connectivity index (χ1v) is 7.93. The number of hydrogen-bond donors (Lipinski definition) is 3. The molecule has 1 rings (SSSR count). The molecule has 0 aliphatic heterocycles. The summed E-state index contributed by atoms with van der Waals surface area (Å²) in [7, 11) is -3.56. The van der Waals surface area contributed by atoms with Crippen LogP contribution in [0.3, 0.4) is 0 Å². The lowest BCUT2D eigenvalue weighted by atomic mass is 10.5.